The molecule has 4 fully saturated rings. The summed E-state index contributed by atoms with van der Waals surface area (Å²) in [7, 11) is 0. The first-order valence-corrected chi connectivity index (χ1v) is 24.7. The maximum absolute atomic E-state index is 12.2. The van der Waals surface area contributed by atoms with Crippen LogP contribution in [0.1, 0.15) is 91.8 Å². The Bertz CT molecular complexity index is 1840. The van der Waals surface area contributed by atoms with Crippen molar-refractivity contribution < 1.29 is 57.6 Å². The van der Waals surface area contributed by atoms with E-state index in [1.165, 1.54) is 0 Å². The molecule has 0 saturated carbocycles. The highest BCUT2D eigenvalue weighted by molar-refractivity contribution is 5.15. The molecule has 3 aromatic rings. The van der Waals surface area contributed by atoms with E-state index in [4.69, 9.17) is 47.4 Å². The first kappa shape index (κ1) is 51.0. The molecule has 7 rings (SSSR count). The fourth-order valence-electron chi connectivity index (χ4n) is 10.3. The van der Waals surface area contributed by atoms with Gasteiger partial charge in [-0.05, 0) is 59.1 Å². The second-order valence-corrected chi connectivity index (χ2v) is 19.5. The molecule has 66 heavy (non-hydrogen) atoms. The van der Waals surface area contributed by atoms with Crippen molar-refractivity contribution in [2.75, 3.05) is 13.2 Å². The summed E-state index contributed by atoms with van der Waals surface area (Å²) in [6.07, 6.45) is -7.63. The van der Waals surface area contributed by atoms with Gasteiger partial charge in [-0.25, -0.2) is 0 Å². The van der Waals surface area contributed by atoms with Crippen molar-refractivity contribution in [1.82, 2.24) is 0 Å². The third-order valence-electron chi connectivity index (χ3n) is 15.4. The predicted octanol–water partition coefficient (Wildman–Crippen LogP) is 8.69. The maximum Gasteiger partial charge on any atom is 0.187 e. The lowest BCUT2D eigenvalue weighted by atomic mass is 9.78. The van der Waals surface area contributed by atoms with E-state index in [1.54, 1.807) is 0 Å². The van der Waals surface area contributed by atoms with Crippen LogP contribution in [-0.2, 0) is 67.2 Å². The monoisotopic (exact) mass is 919 g/mol. The average Bonchev–Trinajstić information content (AvgIpc) is 3.34. The second-order valence-electron chi connectivity index (χ2n) is 19.5. The highest BCUT2D eigenvalue weighted by Crippen LogP contribution is 2.43. The van der Waals surface area contributed by atoms with Crippen molar-refractivity contribution in [2.45, 2.75) is 175 Å². The highest BCUT2D eigenvalue weighted by atomic mass is 16.8. The average molecular weight is 919 g/mol. The smallest absolute Gasteiger partial charge is 0.187 e. The van der Waals surface area contributed by atoms with Crippen LogP contribution < -0.4 is 0 Å². The van der Waals surface area contributed by atoms with Crippen LogP contribution in [0, 0.1) is 41.4 Å². The fourth-order valence-corrected chi connectivity index (χ4v) is 10.3. The Balaban J connectivity index is 1.18. The van der Waals surface area contributed by atoms with Crippen molar-refractivity contribution in [3.05, 3.63) is 108 Å². The molecule has 4 heterocycles. The van der Waals surface area contributed by atoms with Crippen LogP contribution in [0.5, 0.6) is 0 Å². The van der Waals surface area contributed by atoms with E-state index >= 15 is 0 Å². The fraction of sp³-hybridized carbons (Fsp3) is 0.667. The number of rotatable bonds is 19. The molecule has 8 unspecified atom stereocenters. The molecule has 0 bridgehead atoms. The van der Waals surface area contributed by atoms with Gasteiger partial charge in [-0.3, -0.25) is 0 Å². The van der Waals surface area contributed by atoms with E-state index in [1.807, 2.05) is 91.0 Å². The molecular formula is C54H78O12. The molecule has 4 aliphatic heterocycles. The lowest BCUT2D eigenvalue weighted by Gasteiger charge is -2.51. The summed E-state index contributed by atoms with van der Waals surface area (Å²) < 4.78 is 67.8. The molecule has 20 atom stereocenters. The van der Waals surface area contributed by atoms with E-state index in [0.29, 0.717) is 25.0 Å². The van der Waals surface area contributed by atoms with Crippen molar-refractivity contribution in [2.24, 2.45) is 41.4 Å². The van der Waals surface area contributed by atoms with Crippen LogP contribution in [0.4, 0.5) is 0 Å². The molecule has 0 amide bonds. The maximum atomic E-state index is 12.2. The zero-order valence-electron chi connectivity index (χ0n) is 40.6. The van der Waals surface area contributed by atoms with Gasteiger partial charge in [0.1, 0.15) is 36.6 Å². The summed E-state index contributed by atoms with van der Waals surface area (Å²) in [5.41, 5.74) is 3.00. The Morgan fingerprint density at radius 1 is 0.424 bits per heavy atom. The van der Waals surface area contributed by atoms with Crippen LogP contribution in [0.3, 0.4) is 0 Å². The number of benzene rings is 3. The number of hydrogen-bond acceptors (Lipinski definition) is 12. The number of aliphatic hydroxyl groups excluding tert-OH is 2. The zero-order chi connectivity index (χ0) is 46.9. The summed E-state index contributed by atoms with van der Waals surface area (Å²) in [6.45, 7) is 20.3. The number of ether oxygens (including phenoxy) is 10. The van der Waals surface area contributed by atoms with Gasteiger partial charge in [-0.15, -0.1) is 0 Å². The summed E-state index contributed by atoms with van der Waals surface area (Å²) in [5.74, 6) is 0.817. The minimum atomic E-state index is -1.32. The SMILES string of the molecule is CCC1O[C@@H](O[C@@H]2C(OCc3ccccc3)[C@H](O[C@@H]3C(COCc4ccccc4)O[C@@H](OCc4ccccc4)C(C)[C@H]3C)OC(CO)[C@H]2O)[C@@H](O[C@@H]2OC(CC)[C@@H](C)[C@H](C)C2C)C(C)[C@H]1C. The van der Waals surface area contributed by atoms with Gasteiger partial charge in [-0.1, -0.05) is 153 Å². The zero-order valence-corrected chi connectivity index (χ0v) is 40.6. The molecule has 12 heteroatoms. The quantitative estimate of drug-likeness (QED) is 0.119. The lowest BCUT2D eigenvalue weighted by Crippen LogP contribution is -2.65. The van der Waals surface area contributed by atoms with Gasteiger partial charge in [0.25, 0.3) is 0 Å². The van der Waals surface area contributed by atoms with E-state index in [-0.39, 0.29) is 55.0 Å². The van der Waals surface area contributed by atoms with E-state index in [2.05, 4.69) is 62.3 Å². The Morgan fingerprint density at radius 3 is 1.44 bits per heavy atom. The van der Waals surface area contributed by atoms with Crippen molar-refractivity contribution in [3.63, 3.8) is 0 Å². The molecule has 0 spiro atoms. The molecule has 366 valence electrons. The van der Waals surface area contributed by atoms with E-state index < -0.39 is 74.5 Å². The Kier molecular flexibility index (Phi) is 18.7. The van der Waals surface area contributed by atoms with Gasteiger partial charge in [-0.2, -0.15) is 0 Å². The van der Waals surface area contributed by atoms with Gasteiger partial charge >= 0.3 is 0 Å². The third-order valence-corrected chi connectivity index (χ3v) is 15.4. The van der Waals surface area contributed by atoms with Crippen molar-refractivity contribution in [3.8, 4) is 0 Å². The van der Waals surface area contributed by atoms with Crippen LogP contribution in [0.2, 0.25) is 0 Å². The Morgan fingerprint density at radius 2 is 0.864 bits per heavy atom. The molecule has 4 aliphatic rings. The largest absolute Gasteiger partial charge is 0.394 e. The van der Waals surface area contributed by atoms with Crippen LogP contribution in [0.15, 0.2) is 91.0 Å². The standard InChI is InChI=1S/C54H78O12/c1-10-42-33(4)32(3)37(8)52(60-42)65-48-35(6)34(5)43(11-2)61-53(48)66-49-46(56)44(27-55)62-54(50(49)58-29-40-23-17-13-18-24-40)64-47-36(7)38(9)51(59-30-41-25-19-14-20-26-41)63-45(47)31-57-28-39-21-15-12-16-22-39/h12-26,32-38,42-56H,10-11,27-31H2,1-9H3/t32-,33-,34+,35?,36+,37?,38?,42?,43?,44?,45?,46+,47-,48-,49-,50?,51+,52-,53-,54-/m0/s1. The van der Waals surface area contributed by atoms with Crippen LogP contribution in [-0.4, -0.2) is 104 Å². The molecule has 3 aromatic carbocycles. The highest BCUT2D eigenvalue weighted by Gasteiger charge is 2.54. The Labute approximate surface area is 393 Å². The first-order chi connectivity index (χ1) is 31.9. The summed E-state index contributed by atoms with van der Waals surface area (Å²) >= 11 is 0. The first-order valence-electron chi connectivity index (χ1n) is 24.7. The normalized spacial score (nSPS) is 39.7. The van der Waals surface area contributed by atoms with Crippen molar-refractivity contribution >= 4 is 0 Å². The predicted molar refractivity (Wildman–Crippen MR) is 249 cm³/mol. The second kappa shape index (κ2) is 24.1. The Hall–Kier alpha value is -2.82. The van der Waals surface area contributed by atoms with E-state index in [9.17, 15) is 10.2 Å². The van der Waals surface area contributed by atoms with Crippen LogP contribution in [0.25, 0.3) is 0 Å². The lowest BCUT2D eigenvalue weighted by molar-refractivity contribution is -0.387. The van der Waals surface area contributed by atoms with Gasteiger partial charge in [0.2, 0.25) is 0 Å². The molecular weight excluding hydrogens is 841 g/mol. The van der Waals surface area contributed by atoms with Gasteiger partial charge in [0, 0.05) is 11.8 Å². The summed E-state index contributed by atoms with van der Waals surface area (Å²) in [4.78, 5) is 0. The molecule has 12 nitrogen and oxygen atoms in total. The molecule has 0 aromatic heterocycles. The minimum absolute atomic E-state index is 0.0102. The number of hydrogen-bond donors (Lipinski definition) is 2. The summed E-state index contributed by atoms with van der Waals surface area (Å²) in [5, 5.41) is 23.0. The van der Waals surface area contributed by atoms with Gasteiger partial charge in [0.05, 0.1) is 51.3 Å². The minimum Gasteiger partial charge on any atom is -0.394 e. The summed E-state index contributed by atoms with van der Waals surface area (Å²) in [6, 6.07) is 29.9. The molecule has 0 radical (unpaired) electrons. The molecule has 0 aliphatic carbocycles. The third kappa shape index (κ3) is 12.1. The van der Waals surface area contributed by atoms with Crippen LogP contribution >= 0.6 is 0 Å². The van der Waals surface area contributed by atoms with Crippen molar-refractivity contribution in [1.29, 1.82) is 0 Å². The van der Waals surface area contributed by atoms with Gasteiger partial charge < -0.3 is 57.6 Å². The number of aliphatic hydroxyl groups is 2. The van der Waals surface area contributed by atoms with E-state index in [0.717, 1.165) is 29.5 Å². The molecule has 4 saturated heterocycles. The topological polar surface area (TPSA) is 133 Å². The van der Waals surface area contributed by atoms with Gasteiger partial charge in [0.15, 0.2) is 25.2 Å². The molecule has 2 N–H and O–H groups in total.